The molecule has 44 heavy (non-hydrogen) atoms. The van der Waals surface area contributed by atoms with Crippen molar-refractivity contribution in [2.75, 3.05) is 6.54 Å². The highest BCUT2D eigenvalue weighted by atomic mass is 14.9. The van der Waals surface area contributed by atoms with E-state index < -0.39 is 0 Å². The van der Waals surface area contributed by atoms with Crippen molar-refractivity contribution in [3.63, 3.8) is 0 Å². The molecule has 0 spiro atoms. The Morgan fingerprint density at radius 3 is 2.14 bits per heavy atom. The highest BCUT2D eigenvalue weighted by Gasteiger charge is 2.37. The summed E-state index contributed by atoms with van der Waals surface area (Å²) in [6, 6.07) is 38.2. The summed E-state index contributed by atoms with van der Waals surface area (Å²) in [6.07, 6.45) is 14.4. The van der Waals surface area contributed by atoms with Gasteiger partial charge < -0.3 is 0 Å². The molecule has 1 aliphatic carbocycles. The van der Waals surface area contributed by atoms with Crippen molar-refractivity contribution < 1.29 is 0 Å². The average molecular weight is 572 g/mol. The maximum atomic E-state index is 5.41. The lowest BCUT2D eigenvalue weighted by Crippen LogP contribution is -2.31. The van der Waals surface area contributed by atoms with Gasteiger partial charge in [-0.3, -0.25) is 15.0 Å². The van der Waals surface area contributed by atoms with E-state index in [1.807, 2.05) is 12.3 Å². The Bertz CT molecular complexity index is 1810. The number of dihydropyridines is 2. The Morgan fingerprint density at radius 2 is 1.45 bits per heavy atom. The molecule has 3 aliphatic rings. The van der Waals surface area contributed by atoms with E-state index in [9.17, 15) is 0 Å². The first-order valence-corrected chi connectivity index (χ1v) is 15.6. The predicted octanol–water partition coefficient (Wildman–Crippen LogP) is 9.19. The van der Waals surface area contributed by atoms with Gasteiger partial charge in [0.05, 0.1) is 22.7 Å². The maximum Gasteiger partial charge on any atom is 0.0873 e. The molecule has 3 heterocycles. The van der Waals surface area contributed by atoms with Crippen LogP contribution in [-0.2, 0) is 5.54 Å². The molecule has 0 radical (unpaired) electrons. The van der Waals surface area contributed by atoms with Crippen molar-refractivity contribution in [1.29, 1.82) is 0 Å². The van der Waals surface area contributed by atoms with Gasteiger partial charge in [-0.05, 0) is 77.5 Å². The number of pyridine rings is 1. The average Bonchev–Trinajstić information content (AvgIpc) is 3.10. The van der Waals surface area contributed by atoms with E-state index in [-0.39, 0.29) is 17.4 Å². The van der Waals surface area contributed by atoms with Crippen LogP contribution < -0.4 is 0 Å². The van der Waals surface area contributed by atoms with Gasteiger partial charge in [-0.1, -0.05) is 122 Å². The Labute approximate surface area is 260 Å². The largest absolute Gasteiger partial charge is 0.284 e. The van der Waals surface area contributed by atoms with Crippen molar-refractivity contribution >= 4 is 17.0 Å². The molecular weight excluding hydrogens is 534 g/mol. The van der Waals surface area contributed by atoms with E-state index in [0.29, 0.717) is 5.92 Å². The van der Waals surface area contributed by atoms with Gasteiger partial charge in [-0.15, -0.1) is 0 Å². The standard InChI is InChI=1S/C41H37N3/c1-29-36(34-26-40(31-16-8-4-9-17-31)44-41(2,27-34)35-18-10-5-11-19-35)24-33(38-20-12-13-23-42-38)25-37(29)39-22-21-32(28-43-39)30-14-6-3-7-15-30/h3-26,29,32,36H,27-28H2,1-2H3. The zero-order valence-corrected chi connectivity index (χ0v) is 25.3. The molecule has 0 saturated heterocycles. The van der Waals surface area contributed by atoms with Crippen LogP contribution in [0.4, 0.5) is 0 Å². The summed E-state index contributed by atoms with van der Waals surface area (Å²) in [5.41, 5.74) is 10.2. The molecule has 4 unspecified atom stereocenters. The Balaban J connectivity index is 1.30. The summed E-state index contributed by atoms with van der Waals surface area (Å²) in [5, 5.41) is 0. The first-order valence-electron chi connectivity index (χ1n) is 15.6. The van der Waals surface area contributed by atoms with Gasteiger partial charge in [-0.2, -0.15) is 0 Å². The molecule has 1 aromatic heterocycles. The third-order valence-electron chi connectivity index (χ3n) is 9.26. The summed E-state index contributed by atoms with van der Waals surface area (Å²) >= 11 is 0. The summed E-state index contributed by atoms with van der Waals surface area (Å²) in [7, 11) is 0. The molecule has 3 aromatic carbocycles. The number of aliphatic imine (C=N–C) groups is 2. The fourth-order valence-corrected chi connectivity index (χ4v) is 6.82. The fourth-order valence-electron chi connectivity index (χ4n) is 6.82. The minimum absolute atomic E-state index is 0.173. The Hall–Kier alpha value is -4.89. The first kappa shape index (κ1) is 27.9. The molecule has 0 saturated carbocycles. The van der Waals surface area contributed by atoms with Gasteiger partial charge in [0, 0.05) is 24.6 Å². The van der Waals surface area contributed by atoms with E-state index in [4.69, 9.17) is 15.0 Å². The number of hydrogen-bond donors (Lipinski definition) is 0. The Kier molecular flexibility index (Phi) is 7.62. The normalized spacial score (nSPS) is 24.9. The van der Waals surface area contributed by atoms with Crippen molar-refractivity contribution in [2.45, 2.75) is 31.7 Å². The molecule has 3 heteroatoms. The van der Waals surface area contributed by atoms with Crippen molar-refractivity contribution in [3.8, 4) is 0 Å². The SMILES string of the molecule is CC1C(C2=NCC(c3ccccc3)C=C2)=CC(c2ccccn2)=CC1C1=CC(c2ccccc2)=NC(C)(c2ccccc2)C1. The molecule has 0 bridgehead atoms. The van der Waals surface area contributed by atoms with Gasteiger partial charge in [0.25, 0.3) is 0 Å². The van der Waals surface area contributed by atoms with Crippen LogP contribution in [0.3, 0.4) is 0 Å². The monoisotopic (exact) mass is 571 g/mol. The zero-order valence-electron chi connectivity index (χ0n) is 25.3. The van der Waals surface area contributed by atoms with E-state index in [2.05, 4.69) is 147 Å². The third kappa shape index (κ3) is 5.58. The van der Waals surface area contributed by atoms with Gasteiger partial charge in [0.2, 0.25) is 0 Å². The molecule has 4 aromatic rings. The van der Waals surface area contributed by atoms with Crippen LogP contribution in [-0.4, -0.2) is 23.0 Å². The minimum atomic E-state index is -0.373. The van der Waals surface area contributed by atoms with Gasteiger partial charge in [0.15, 0.2) is 0 Å². The third-order valence-corrected chi connectivity index (χ3v) is 9.26. The van der Waals surface area contributed by atoms with Crippen LogP contribution in [0.5, 0.6) is 0 Å². The van der Waals surface area contributed by atoms with Gasteiger partial charge >= 0.3 is 0 Å². The topological polar surface area (TPSA) is 37.6 Å². The smallest absolute Gasteiger partial charge is 0.0873 e. The van der Waals surface area contributed by atoms with Crippen LogP contribution in [0.15, 0.2) is 167 Å². The Morgan fingerprint density at radius 1 is 0.750 bits per heavy atom. The van der Waals surface area contributed by atoms with E-state index >= 15 is 0 Å². The highest BCUT2D eigenvalue weighted by Crippen LogP contribution is 2.45. The van der Waals surface area contributed by atoms with E-state index in [0.717, 1.165) is 41.2 Å². The number of hydrogen-bond acceptors (Lipinski definition) is 3. The molecule has 0 fully saturated rings. The number of benzene rings is 3. The fraction of sp³-hybridized carbons (Fsp3) is 0.195. The quantitative estimate of drug-likeness (QED) is 0.227. The number of rotatable bonds is 6. The van der Waals surface area contributed by atoms with Crippen LogP contribution in [0.2, 0.25) is 0 Å². The molecular formula is C41H37N3. The first-order chi connectivity index (χ1) is 21.6. The molecule has 2 aliphatic heterocycles. The van der Waals surface area contributed by atoms with Crippen molar-refractivity contribution in [2.24, 2.45) is 21.8 Å². The summed E-state index contributed by atoms with van der Waals surface area (Å²) in [6.45, 7) is 5.40. The molecule has 7 rings (SSSR count). The summed E-state index contributed by atoms with van der Waals surface area (Å²) in [4.78, 5) is 15.3. The van der Waals surface area contributed by atoms with E-state index in [1.165, 1.54) is 22.3 Å². The second-order valence-corrected chi connectivity index (χ2v) is 12.3. The summed E-state index contributed by atoms with van der Waals surface area (Å²) in [5.74, 6) is 0.714. The molecule has 216 valence electrons. The lowest BCUT2D eigenvalue weighted by atomic mass is 9.70. The van der Waals surface area contributed by atoms with Crippen LogP contribution >= 0.6 is 0 Å². The summed E-state index contributed by atoms with van der Waals surface area (Å²) < 4.78 is 0. The molecule has 0 amide bonds. The van der Waals surface area contributed by atoms with Crippen molar-refractivity contribution in [3.05, 3.63) is 179 Å². The number of allylic oxidation sites excluding steroid dienone is 6. The second-order valence-electron chi connectivity index (χ2n) is 12.3. The van der Waals surface area contributed by atoms with Crippen LogP contribution in [0.25, 0.3) is 5.57 Å². The van der Waals surface area contributed by atoms with Gasteiger partial charge in [-0.25, -0.2) is 0 Å². The molecule has 0 N–H and O–H groups in total. The lowest BCUT2D eigenvalue weighted by molar-refractivity contribution is 0.441. The number of nitrogens with zero attached hydrogens (tertiary/aromatic N) is 3. The van der Waals surface area contributed by atoms with Crippen LogP contribution in [0, 0.1) is 11.8 Å². The maximum absolute atomic E-state index is 5.41. The highest BCUT2D eigenvalue weighted by molar-refractivity contribution is 6.12. The lowest BCUT2D eigenvalue weighted by Gasteiger charge is -2.38. The van der Waals surface area contributed by atoms with E-state index in [1.54, 1.807) is 0 Å². The minimum Gasteiger partial charge on any atom is -0.284 e. The zero-order chi connectivity index (χ0) is 29.9. The van der Waals surface area contributed by atoms with Gasteiger partial charge in [0.1, 0.15) is 0 Å². The number of aromatic nitrogens is 1. The van der Waals surface area contributed by atoms with Crippen molar-refractivity contribution in [1.82, 2.24) is 4.98 Å². The molecule has 3 nitrogen and oxygen atoms in total. The van der Waals surface area contributed by atoms with Crippen LogP contribution in [0.1, 0.15) is 48.6 Å². The second kappa shape index (κ2) is 12.0. The predicted molar refractivity (Wildman–Crippen MR) is 183 cm³/mol. The molecule has 4 atom stereocenters.